The number of hydrogen-bond donors (Lipinski definition) is 2. The quantitative estimate of drug-likeness (QED) is 0.762. The maximum Gasteiger partial charge on any atom is 0.237 e. The Morgan fingerprint density at radius 1 is 1.30 bits per heavy atom. The fraction of sp³-hybridized carbons (Fsp3) is 0.938. The Balaban J connectivity index is 2.02. The monoisotopic (exact) mass is 282 g/mol. The van der Waals surface area contributed by atoms with Gasteiger partial charge in [-0.1, -0.05) is 39.0 Å². The third-order valence-corrected chi connectivity index (χ3v) is 4.88. The van der Waals surface area contributed by atoms with Crippen molar-refractivity contribution in [2.75, 3.05) is 6.61 Å². The van der Waals surface area contributed by atoms with Crippen LogP contribution in [0, 0.1) is 0 Å². The van der Waals surface area contributed by atoms with Crippen molar-refractivity contribution >= 4 is 5.91 Å². The molecule has 2 aliphatic rings. The van der Waals surface area contributed by atoms with Crippen LogP contribution in [0.1, 0.15) is 71.1 Å². The molecule has 20 heavy (non-hydrogen) atoms. The van der Waals surface area contributed by atoms with Gasteiger partial charge in [0.15, 0.2) is 0 Å². The van der Waals surface area contributed by atoms with Crippen molar-refractivity contribution in [1.82, 2.24) is 5.32 Å². The predicted octanol–water partition coefficient (Wildman–Crippen LogP) is 2.50. The second-order valence-corrected chi connectivity index (χ2v) is 6.51. The molecule has 2 atom stereocenters. The third-order valence-electron chi connectivity index (χ3n) is 4.88. The van der Waals surface area contributed by atoms with Crippen molar-refractivity contribution in [1.29, 1.82) is 0 Å². The number of nitrogens with one attached hydrogen (secondary N) is 1. The molecule has 1 aliphatic heterocycles. The minimum absolute atomic E-state index is 0.180. The molecule has 0 radical (unpaired) electrons. The Hall–Kier alpha value is -0.610. The number of ether oxygens (including phenoxy) is 1. The van der Waals surface area contributed by atoms with Gasteiger partial charge < -0.3 is 15.8 Å². The lowest BCUT2D eigenvalue weighted by Crippen LogP contribution is -2.62. The first-order valence-electron chi connectivity index (χ1n) is 8.35. The van der Waals surface area contributed by atoms with Crippen molar-refractivity contribution in [2.45, 2.75) is 88.8 Å². The van der Waals surface area contributed by atoms with Gasteiger partial charge in [-0.2, -0.15) is 0 Å². The molecule has 4 heteroatoms. The number of rotatable bonds is 5. The van der Waals surface area contributed by atoms with Crippen LogP contribution in [-0.2, 0) is 9.53 Å². The molecular formula is C16H30N2O2. The minimum atomic E-state index is -0.535. The van der Waals surface area contributed by atoms with E-state index in [2.05, 4.69) is 12.2 Å². The van der Waals surface area contributed by atoms with Crippen LogP contribution in [-0.4, -0.2) is 30.2 Å². The molecule has 4 nitrogen and oxygen atoms in total. The van der Waals surface area contributed by atoms with E-state index in [1.807, 2.05) is 0 Å². The number of carbonyl (C=O) groups is 1. The van der Waals surface area contributed by atoms with E-state index in [4.69, 9.17) is 10.5 Å². The molecule has 1 heterocycles. The highest BCUT2D eigenvalue weighted by atomic mass is 16.5. The zero-order valence-electron chi connectivity index (χ0n) is 12.8. The van der Waals surface area contributed by atoms with Crippen LogP contribution in [0.5, 0.6) is 0 Å². The van der Waals surface area contributed by atoms with Gasteiger partial charge in [0.1, 0.15) is 5.54 Å². The fourth-order valence-electron chi connectivity index (χ4n) is 3.70. The smallest absolute Gasteiger partial charge is 0.237 e. The van der Waals surface area contributed by atoms with Crippen LogP contribution in [0.25, 0.3) is 0 Å². The molecule has 1 amide bonds. The number of nitrogens with two attached hydrogens (primary N) is 1. The topological polar surface area (TPSA) is 64.3 Å². The fourth-order valence-corrected chi connectivity index (χ4v) is 3.70. The van der Waals surface area contributed by atoms with Crippen LogP contribution in [0.4, 0.5) is 0 Å². The Kier molecular flexibility index (Phi) is 5.85. The van der Waals surface area contributed by atoms with Crippen LogP contribution in [0.3, 0.4) is 0 Å². The predicted molar refractivity (Wildman–Crippen MR) is 80.4 cm³/mol. The Labute approximate surface area is 122 Å². The highest BCUT2D eigenvalue weighted by Crippen LogP contribution is 2.29. The van der Waals surface area contributed by atoms with Gasteiger partial charge in [-0.3, -0.25) is 4.79 Å². The molecule has 0 aromatic rings. The average Bonchev–Trinajstić information content (AvgIpc) is 2.68. The van der Waals surface area contributed by atoms with Crippen molar-refractivity contribution in [2.24, 2.45) is 5.73 Å². The summed E-state index contributed by atoms with van der Waals surface area (Å²) in [6.07, 6.45) is 11.3. The summed E-state index contributed by atoms with van der Waals surface area (Å²) < 4.78 is 5.79. The summed E-state index contributed by atoms with van der Waals surface area (Å²) >= 11 is 0. The summed E-state index contributed by atoms with van der Waals surface area (Å²) in [6, 6.07) is 0.449. The molecule has 0 aromatic carbocycles. The van der Waals surface area contributed by atoms with Crippen molar-refractivity contribution in [3.63, 3.8) is 0 Å². The van der Waals surface area contributed by atoms with Crippen molar-refractivity contribution in [3.8, 4) is 0 Å². The normalized spacial score (nSPS) is 32.8. The first-order chi connectivity index (χ1) is 9.66. The van der Waals surface area contributed by atoms with E-state index < -0.39 is 5.54 Å². The van der Waals surface area contributed by atoms with Gasteiger partial charge in [-0.05, 0) is 25.7 Å². The first-order valence-corrected chi connectivity index (χ1v) is 8.35. The SMILES string of the molecule is CCCC1CC(NC2CCCCCC2)(C(N)=O)CCO1. The van der Waals surface area contributed by atoms with Crippen LogP contribution >= 0.6 is 0 Å². The zero-order chi connectivity index (χ0) is 14.4. The molecule has 1 saturated heterocycles. The highest BCUT2D eigenvalue weighted by molar-refractivity contribution is 5.84. The van der Waals surface area contributed by atoms with Crippen LogP contribution in [0.15, 0.2) is 0 Å². The molecule has 116 valence electrons. The zero-order valence-corrected chi connectivity index (χ0v) is 12.8. The molecule has 3 N–H and O–H groups in total. The maximum absolute atomic E-state index is 12.1. The lowest BCUT2D eigenvalue weighted by molar-refractivity contribution is -0.132. The largest absolute Gasteiger partial charge is 0.378 e. The molecule has 0 aromatic heterocycles. The van der Waals surface area contributed by atoms with Gasteiger partial charge in [0.05, 0.1) is 6.10 Å². The molecule has 2 fully saturated rings. The van der Waals surface area contributed by atoms with Gasteiger partial charge in [0.25, 0.3) is 0 Å². The highest BCUT2D eigenvalue weighted by Gasteiger charge is 2.42. The molecule has 0 bridgehead atoms. The lowest BCUT2D eigenvalue weighted by atomic mass is 9.83. The maximum atomic E-state index is 12.1. The van der Waals surface area contributed by atoms with Gasteiger partial charge in [-0.25, -0.2) is 0 Å². The van der Waals surface area contributed by atoms with E-state index in [9.17, 15) is 4.79 Å². The molecule has 1 aliphatic carbocycles. The Bertz CT molecular complexity index is 312. The first kappa shape index (κ1) is 15.8. The number of amides is 1. The number of carbonyl (C=O) groups excluding carboxylic acids is 1. The number of primary amides is 1. The summed E-state index contributed by atoms with van der Waals surface area (Å²) in [7, 11) is 0. The lowest BCUT2D eigenvalue weighted by Gasteiger charge is -2.41. The Morgan fingerprint density at radius 2 is 2.00 bits per heavy atom. The molecular weight excluding hydrogens is 252 g/mol. The van der Waals surface area contributed by atoms with Crippen LogP contribution < -0.4 is 11.1 Å². The summed E-state index contributed by atoms with van der Waals surface area (Å²) in [6.45, 7) is 2.80. The average molecular weight is 282 g/mol. The van der Waals surface area contributed by atoms with Crippen LogP contribution in [0.2, 0.25) is 0 Å². The summed E-state index contributed by atoms with van der Waals surface area (Å²) in [5.74, 6) is -0.189. The van der Waals surface area contributed by atoms with Gasteiger partial charge >= 0.3 is 0 Å². The van der Waals surface area contributed by atoms with E-state index in [0.29, 0.717) is 12.6 Å². The summed E-state index contributed by atoms with van der Waals surface area (Å²) in [5.41, 5.74) is 5.23. The van der Waals surface area contributed by atoms with Gasteiger partial charge in [-0.15, -0.1) is 0 Å². The van der Waals surface area contributed by atoms with E-state index >= 15 is 0 Å². The Morgan fingerprint density at radius 3 is 2.60 bits per heavy atom. The van der Waals surface area contributed by atoms with Gasteiger partial charge in [0.2, 0.25) is 5.91 Å². The number of hydrogen-bond acceptors (Lipinski definition) is 3. The van der Waals surface area contributed by atoms with E-state index in [1.165, 1.54) is 38.5 Å². The van der Waals surface area contributed by atoms with Crippen molar-refractivity contribution in [3.05, 3.63) is 0 Å². The summed E-state index contributed by atoms with van der Waals surface area (Å²) in [4.78, 5) is 12.1. The summed E-state index contributed by atoms with van der Waals surface area (Å²) in [5, 5.41) is 3.64. The minimum Gasteiger partial charge on any atom is -0.378 e. The molecule has 2 rings (SSSR count). The second-order valence-electron chi connectivity index (χ2n) is 6.51. The second kappa shape index (κ2) is 7.41. The molecule has 1 saturated carbocycles. The molecule has 2 unspecified atom stereocenters. The standard InChI is InChI=1S/C16H30N2O2/c1-2-7-14-12-16(15(17)19,10-11-20-14)18-13-8-5-3-4-6-9-13/h13-14,18H,2-12H2,1H3,(H2,17,19). The van der Waals surface area contributed by atoms with E-state index in [1.54, 1.807) is 0 Å². The third kappa shape index (κ3) is 3.95. The van der Waals surface area contributed by atoms with Gasteiger partial charge in [0, 0.05) is 19.1 Å². The molecule has 0 spiro atoms. The van der Waals surface area contributed by atoms with E-state index in [0.717, 1.165) is 25.7 Å². The van der Waals surface area contributed by atoms with Crippen molar-refractivity contribution < 1.29 is 9.53 Å². The van der Waals surface area contributed by atoms with E-state index in [-0.39, 0.29) is 12.0 Å².